The van der Waals surface area contributed by atoms with Crippen LogP contribution in [0.1, 0.15) is 40.5 Å². The first-order chi connectivity index (χ1) is 7.75. The number of amides is 2. The van der Waals surface area contributed by atoms with Crippen LogP contribution < -0.4 is 0 Å². The van der Waals surface area contributed by atoms with E-state index in [-0.39, 0.29) is 5.91 Å². The molecule has 1 aliphatic heterocycles. The summed E-state index contributed by atoms with van der Waals surface area (Å²) in [5, 5.41) is 9.23. The van der Waals surface area contributed by atoms with Crippen molar-refractivity contribution in [2.24, 2.45) is 0 Å². The lowest BCUT2D eigenvalue weighted by molar-refractivity contribution is -0.136. The van der Waals surface area contributed by atoms with E-state index in [9.17, 15) is 14.7 Å². The first-order valence-electron chi connectivity index (χ1n) is 6.06. The first kappa shape index (κ1) is 13.8. The highest BCUT2D eigenvalue weighted by Gasteiger charge is 2.36. The van der Waals surface area contributed by atoms with Crippen LogP contribution in [0.25, 0.3) is 0 Å². The number of rotatable bonds is 2. The lowest BCUT2D eigenvalue weighted by Crippen LogP contribution is -2.55. The van der Waals surface area contributed by atoms with Crippen LogP contribution in [0.2, 0.25) is 0 Å². The molecule has 17 heavy (non-hydrogen) atoms. The maximum Gasteiger partial charge on any atom is 0.408 e. The predicted molar refractivity (Wildman–Crippen MR) is 64.9 cm³/mol. The summed E-state index contributed by atoms with van der Waals surface area (Å²) in [5.41, 5.74) is -0.569. The summed E-state index contributed by atoms with van der Waals surface area (Å²) in [5.74, 6) is -0.0835. The van der Waals surface area contributed by atoms with E-state index < -0.39 is 17.7 Å². The van der Waals surface area contributed by atoms with Gasteiger partial charge in [0.25, 0.3) is 0 Å². The van der Waals surface area contributed by atoms with Gasteiger partial charge < -0.3 is 10.0 Å². The number of likely N-dealkylation sites (tertiary alicyclic amines) is 1. The summed E-state index contributed by atoms with van der Waals surface area (Å²) in [6, 6.07) is -0.620. The van der Waals surface area contributed by atoms with Crippen molar-refractivity contribution in [3.63, 3.8) is 0 Å². The van der Waals surface area contributed by atoms with Crippen molar-refractivity contribution in [1.82, 2.24) is 9.80 Å². The zero-order valence-corrected chi connectivity index (χ0v) is 11.1. The van der Waals surface area contributed by atoms with Crippen LogP contribution in [0.3, 0.4) is 0 Å². The van der Waals surface area contributed by atoms with E-state index in [1.165, 1.54) is 4.90 Å². The Balaban J connectivity index is 2.80. The van der Waals surface area contributed by atoms with Gasteiger partial charge in [0.2, 0.25) is 5.91 Å². The minimum absolute atomic E-state index is 0.0835. The Bertz CT molecular complexity index is 303. The van der Waals surface area contributed by atoms with Crippen LogP contribution in [0.15, 0.2) is 0 Å². The Morgan fingerprint density at radius 1 is 1.24 bits per heavy atom. The van der Waals surface area contributed by atoms with E-state index in [4.69, 9.17) is 0 Å². The topological polar surface area (TPSA) is 60.9 Å². The third kappa shape index (κ3) is 3.11. The third-order valence-corrected chi connectivity index (χ3v) is 3.09. The van der Waals surface area contributed by atoms with Gasteiger partial charge in [-0.15, -0.1) is 0 Å². The summed E-state index contributed by atoms with van der Waals surface area (Å²) < 4.78 is 0. The predicted octanol–water partition coefficient (Wildman–Crippen LogP) is 1.78. The van der Waals surface area contributed by atoms with Crippen molar-refractivity contribution < 1.29 is 14.7 Å². The maximum atomic E-state index is 12.2. The normalized spacial score (nSPS) is 18.0. The Morgan fingerprint density at radius 2 is 1.71 bits per heavy atom. The molecule has 2 amide bonds. The van der Waals surface area contributed by atoms with Gasteiger partial charge in [0, 0.05) is 18.6 Å². The summed E-state index contributed by atoms with van der Waals surface area (Å²) in [6.45, 7) is 8.57. The van der Waals surface area contributed by atoms with Gasteiger partial charge in [0.05, 0.1) is 0 Å². The molecule has 1 atom stereocenters. The summed E-state index contributed by atoms with van der Waals surface area (Å²) in [7, 11) is 0. The highest BCUT2D eigenvalue weighted by Crippen LogP contribution is 2.20. The molecule has 1 N–H and O–H groups in total. The number of carboxylic acid groups (broad SMARTS) is 1. The Hall–Kier alpha value is -1.26. The Labute approximate surface area is 102 Å². The van der Waals surface area contributed by atoms with Gasteiger partial charge >= 0.3 is 6.09 Å². The molecule has 0 bridgehead atoms. The number of nitrogens with zero attached hydrogens (tertiary/aromatic N) is 2. The lowest BCUT2D eigenvalue weighted by Gasteiger charge is -2.38. The van der Waals surface area contributed by atoms with Gasteiger partial charge in [-0.25, -0.2) is 4.79 Å². The zero-order chi connectivity index (χ0) is 13.2. The quantitative estimate of drug-likeness (QED) is 0.802. The van der Waals surface area contributed by atoms with Gasteiger partial charge in [0.1, 0.15) is 6.04 Å². The molecule has 0 unspecified atom stereocenters. The molecule has 0 aromatic heterocycles. The molecule has 0 aliphatic carbocycles. The molecule has 1 saturated heterocycles. The molecule has 5 nitrogen and oxygen atoms in total. The van der Waals surface area contributed by atoms with Crippen molar-refractivity contribution in [2.75, 3.05) is 13.1 Å². The van der Waals surface area contributed by atoms with E-state index in [2.05, 4.69) is 0 Å². The molecule has 1 fully saturated rings. The average molecular weight is 242 g/mol. The second kappa shape index (κ2) is 4.94. The molecule has 1 aliphatic rings. The van der Waals surface area contributed by atoms with E-state index in [1.807, 2.05) is 0 Å². The van der Waals surface area contributed by atoms with Crippen LogP contribution in [0.5, 0.6) is 0 Å². The molecule has 0 radical (unpaired) electrons. The largest absolute Gasteiger partial charge is 0.465 e. The fourth-order valence-corrected chi connectivity index (χ4v) is 2.35. The second-order valence-corrected chi connectivity index (χ2v) is 5.53. The van der Waals surface area contributed by atoms with Crippen LogP contribution in [-0.2, 0) is 4.79 Å². The monoisotopic (exact) mass is 242 g/mol. The molecule has 0 aromatic carbocycles. The zero-order valence-electron chi connectivity index (χ0n) is 11.1. The third-order valence-electron chi connectivity index (χ3n) is 3.09. The minimum atomic E-state index is -1.04. The van der Waals surface area contributed by atoms with Crippen molar-refractivity contribution in [3.05, 3.63) is 0 Å². The molecule has 0 saturated carbocycles. The van der Waals surface area contributed by atoms with Crippen molar-refractivity contribution in [1.29, 1.82) is 0 Å². The Kier molecular flexibility index (Phi) is 4.01. The standard InChI is InChI=1S/C12H22N2O3/c1-9(10(15)13-7-5-6-8-13)14(11(16)17)12(2,3)4/h9H,5-8H2,1-4H3,(H,16,17)/t9-/m0/s1. The van der Waals surface area contributed by atoms with E-state index in [0.717, 1.165) is 25.9 Å². The van der Waals surface area contributed by atoms with Gasteiger partial charge in [-0.3, -0.25) is 9.69 Å². The van der Waals surface area contributed by atoms with Crippen molar-refractivity contribution in [2.45, 2.75) is 52.1 Å². The van der Waals surface area contributed by atoms with E-state index >= 15 is 0 Å². The van der Waals surface area contributed by atoms with E-state index in [1.54, 1.807) is 32.6 Å². The van der Waals surface area contributed by atoms with Crippen LogP contribution >= 0.6 is 0 Å². The first-order valence-corrected chi connectivity index (χ1v) is 6.06. The van der Waals surface area contributed by atoms with Gasteiger partial charge in [0.15, 0.2) is 0 Å². The van der Waals surface area contributed by atoms with Crippen LogP contribution in [0, 0.1) is 0 Å². The molecular weight excluding hydrogens is 220 g/mol. The number of hydrogen-bond acceptors (Lipinski definition) is 2. The second-order valence-electron chi connectivity index (χ2n) is 5.53. The average Bonchev–Trinajstić information content (AvgIpc) is 2.65. The number of hydrogen-bond donors (Lipinski definition) is 1. The molecular formula is C12H22N2O3. The van der Waals surface area contributed by atoms with E-state index in [0.29, 0.717) is 0 Å². The van der Waals surface area contributed by atoms with Gasteiger partial charge in [-0.1, -0.05) is 0 Å². The molecule has 0 spiro atoms. The van der Waals surface area contributed by atoms with Crippen LogP contribution in [0.4, 0.5) is 4.79 Å². The lowest BCUT2D eigenvalue weighted by atomic mass is 10.0. The fraction of sp³-hybridized carbons (Fsp3) is 0.833. The minimum Gasteiger partial charge on any atom is -0.465 e. The maximum absolute atomic E-state index is 12.2. The highest BCUT2D eigenvalue weighted by molar-refractivity contribution is 5.85. The highest BCUT2D eigenvalue weighted by atomic mass is 16.4. The number of carbonyl (C=O) groups is 2. The molecule has 1 heterocycles. The summed E-state index contributed by atoms with van der Waals surface area (Å²) in [4.78, 5) is 26.4. The SMILES string of the molecule is C[C@@H](C(=O)N1CCCC1)N(C(=O)O)C(C)(C)C. The molecule has 5 heteroatoms. The molecule has 1 rings (SSSR count). The summed E-state index contributed by atoms with van der Waals surface area (Å²) >= 11 is 0. The molecule has 98 valence electrons. The summed E-state index contributed by atoms with van der Waals surface area (Å²) in [6.07, 6.45) is 0.986. The Morgan fingerprint density at radius 3 is 2.06 bits per heavy atom. The van der Waals surface area contributed by atoms with Gasteiger partial charge in [-0.2, -0.15) is 0 Å². The smallest absolute Gasteiger partial charge is 0.408 e. The van der Waals surface area contributed by atoms with Gasteiger partial charge in [-0.05, 0) is 40.5 Å². The molecule has 0 aromatic rings. The number of carbonyl (C=O) groups excluding carboxylic acids is 1. The van der Waals surface area contributed by atoms with Crippen molar-refractivity contribution in [3.8, 4) is 0 Å². The fourth-order valence-electron chi connectivity index (χ4n) is 2.35. The van der Waals surface area contributed by atoms with Crippen molar-refractivity contribution >= 4 is 12.0 Å². The van der Waals surface area contributed by atoms with Crippen LogP contribution in [-0.4, -0.2) is 51.6 Å².